The van der Waals surface area contributed by atoms with Crippen LogP contribution in [0.3, 0.4) is 0 Å². The zero-order valence-electron chi connectivity index (χ0n) is 11.5. The summed E-state index contributed by atoms with van der Waals surface area (Å²) in [5.74, 6) is 0. The fourth-order valence-electron chi connectivity index (χ4n) is 1.77. The Morgan fingerprint density at radius 3 is 2.76 bits per heavy atom. The minimum absolute atomic E-state index is 0.0771. The van der Waals surface area contributed by atoms with Crippen LogP contribution in [0.1, 0.15) is 47.0 Å². The lowest BCUT2D eigenvalue weighted by atomic mass is 9.87. The van der Waals surface area contributed by atoms with Crippen molar-refractivity contribution in [1.29, 1.82) is 0 Å². The number of allylic oxidation sites excluding steroid dienone is 3. The van der Waals surface area contributed by atoms with Gasteiger partial charge >= 0.3 is 0 Å². The Morgan fingerprint density at radius 2 is 2.06 bits per heavy atom. The first-order valence-corrected chi connectivity index (χ1v) is 6.35. The zero-order chi connectivity index (χ0) is 12.9. The van der Waals surface area contributed by atoms with Gasteiger partial charge in [-0.15, -0.1) is 5.73 Å². The smallest absolute Gasteiger partial charge is 0.0929 e. The van der Waals surface area contributed by atoms with Gasteiger partial charge in [0.25, 0.3) is 0 Å². The molecule has 0 saturated heterocycles. The Balaban J connectivity index is 2.96. The van der Waals surface area contributed by atoms with E-state index in [1.807, 2.05) is 13.0 Å². The fraction of sp³-hybridized carbons (Fsp3) is 0.562. The molecule has 1 aliphatic carbocycles. The van der Waals surface area contributed by atoms with Crippen LogP contribution in [0.2, 0.25) is 0 Å². The van der Waals surface area contributed by atoms with Crippen LogP contribution in [-0.2, 0) is 0 Å². The molecule has 1 heteroatoms. The molecule has 0 aliphatic heterocycles. The van der Waals surface area contributed by atoms with Gasteiger partial charge in [-0.05, 0) is 55.7 Å². The van der Waals surface area contributed by atoms with E-state index < -0.39 is 6.10 Å². The number of rotatable bonds is 0. The minimum Gasteiger partial charge on any atom is -0.385 e. The Kier molecular flexibility index (Phi) is 4.99. The van der Waals surface area contributed by atoms with Crippen LogP contribution in [0.25, 0.3) is 0 Å². The van der Waals surface area contributed by atoms with Gasteiger partial charge in [-0.25, -0.2) is 0 Å². The van der Waals surface area contributed by atoms with Crippen LogP contribution in [0.5, 0.6) is 0 Å². The number of aliphatic hydroxyl groups is 1. The molecule has 0 radical (unpaired) electrons. The predicted molar refractivity (Wildman–Crippen MR) is 73.8 cm³/mol. The van der Waals surface area contributed by atoms with Gasteiger partial charge in [-0.1, -0.05) is 32.1 Å². The molecule has 1 N–H and O–H groups in total. The highest BCUT2D eigenvalue weighted by Gasteiger charge is 2.13. The molecule has 1 nitrogen and oxygen atoms in total. The lowest BCUT2D eigenvalue weighted by Gasteiger charge is -2.18. The van der Waals surface area contributed by atoms with Gasteiger partial charge in [0.2, 0.25) is 0 Å². The molecule has 94 valence electrons. The van der Waals surface area contributed by atoms with Crippen molar-refractivity contribution < 1.29 is 5.11 Å². The monoisotopic (exact) mass is 232 g/mol. The third kappa shape index (κ3) is 5.21. The maximum atomic E-state index is 9.97. The Hall–Kier alpha value is -1.04. The molecule has 0 aromatic heterocycles. The molecule has 0 spiro atoms. The molecule has 0 aromatic carbocycles. The molecule has 17 heavy (non-hydrogen) atoms. The summed E-state index contributed by atoms with van der Waals surface area (Å²) in [5, 5.41) is 9.97. The lowest BCUT2D eigenvalue weighted by molar-refractivity contribution is 0.256. The van der Waals surface area contributed by atoms with Gasteiger partial charge < -0.3 is 5.11 Å². The molecule has 1 atom stereocenters. The molecular formula is C16H24O. The standard InChI is InChI=1S/C16H24O/c1-13-7-5-9-14(2)15(17)10-12-16(3,4)11-6-8-13/h6,9-10,12,15,17H,5,7,11H2,1-4H3/b12-10-,14-9-. The fourth-order valence-corrected chi connectivity index (χ4v) is 1.77. The van der Waals surface area contributed by atoms with Crippen molar-refractivity contribution in [1.82, 2.24) is 0 Å². The lowest BCUT2D eigenvalue weighted by Crippen LogP contribution is -2.10. The van der Waals surface area contributed by atoms with E-state index in [0.29, 0.717) is 0 Å². The Bertz CT molecular complexity index is 376. The van der Waals surface area contributed by atoms with Crippen molar-refractivity contribution in [3.63, 3.8) is 0 Å². The van der Waals surface area contributed by atoms with Crippen LogP contribution in [0.15, 0.2) is 41.2 Å². The van der Waals surface area contributed by atoms with E-state index in [1.165, 1.54) is 5.57 Å². The predicted octanol–water partition coefficient (Wildman–Crippen LogP) is 4.16. The molecule has 0 bridgehead atoms. The van der Waals surface area contributed by atoms with Crippen LogP contribution >= 0.6 is 0 Å². The molecule has 1 rings (SSSR count). The van der Waals surface area contributed by atoms with Crippen molar-refractivity contribution in [3.05, 3.63) is 41.2 Å². The summed E-state index contributed by atoms with van der Waals surface area (Å²) in [6, 6.07) is 0. The summed E-state index contributed by atoms with van der Waals surface area (Å²) in [4.78, 5) is 0. The molecule has 0 heterocycles. The molecular weight excluding hydrogens is 208 g/mol. The number of hydrogen-bond acceptors (Lipinski definition) is 1. The molecule has 1 aliphatic rings. The maximum absolute atomic E-state index is 9.97. The zero-order valence-corrected chi connectivity index (χ0v) is 11.5. The molecule has 0 fully saturated rings. The van der Waals surface area contributed by atoms with E-state index in [1.54, 1.807) is 0 Å². The normalized spacial score (nSPS) is 30.5. The maximum Gasteiger partial charge on any atom is 0.0929 e. The summed E-state index contributed by atoms with van der Waals surface area (Å²) in [6.45, 7) is 8.45. The summed E-state index contributed by atoms with van der Waals surface area (Å²) < 4.78 is 0. The van der Waals surface area contributed by atoms with Gasteiger partial charge in [-0.3, -0.25) is 0 Å². The van der Waals surface area contributed by atoms with E-state index in [-0.39, 0.29) is 5.41 Å². The van der Waals surface area contributed by atoms with Crippen molar-refractivity contribution in [2.75, 3.05) is 0 Å². The van der Waals surface area contributed by atoms with Crippen molar-refractivity contribution in [2.45, 2.75) is 53.1 Å². The van der Waals surface area contributed by atoms with E-state index in [0.717, 1.165) is 24.8 Å². The second-order valence-electron chi connectivity index (χ2n) is 5.61. The van der Waals surface area contributed by atoms with Crippen LogP contribution in [-0.4, -0.2) is 11.2 Å². The first-order chi connectivity index (χ1) is 7.91. The number of aliphatic hydroxyl groups excluding tert-OH is 1. The summed E-state index contributed by atoms with van der Waals surface area (Å²) in [5.41, 5.74) is 5.74. The van der Waals surface area contributed by atoms with Crippen molar-refractivity contribution in [2.24, 2.45) is 5.41 Å². The van der Waals surface area contributed by atoms with E-state index in [4.69, 9.17) is 0 Å². The van der Waals surface area contributed by atoms with Gasteiger partial charge in [0.05, 0.1) is 6.10 Å². The second-order valence-corrected chi connectivity index (χ2v) is 5.61. The van der Waals surface area contributed by atoms with Crippen molar-refractivity contribution >= 4 is 0 Å². The highest BCUT2D eigenvalue weighted by molar-refractivity contribution is 5.16. The Morgan fingerprint density at radius 1 is 1.35 bits per heavy atom. The first-order valence-electron chi connectivity index (χ1n) is 6.35. The van der Waals surface area contributed by atoms with Crippen LogP contribution in [0, 0.1) is 5.41 Å². The summed E-state index contributed by atoms with van der Waals surface area (Å²) in [6.07, 6.45) is 10.7. The molecule has 0 saturated carbocycles. The molecule has 0 amide bonds. The minimum atomic E-state index is -0.443. The quantitative estimate of drug-likeness (QED) is 0.491. The average molecular weight is 232 g/mol. The van der Waals surface area contributed by atoms with Gasteiger partial charge in [0.15, 0.2) is 0 Å². The van der Waals surface area contributed by atoms with Crippen LogP contribution < -0.4 is 0 Å². The first kappa shape index (κ1) is 14.0. The highest BCUT2D eigenvalue weighted by atomic mass is 16.3. The van der Waals surface area contributed by atoms with Crippen molar-refractivity contribution in [3.8, 4) is 0 Å². The third-order valence-electron chi connectivity index (χ3n) is 3.16. The average Bonchev–Trinajstić information content (AvgIpc) is 2.24. The van der Waals surface area contributed by atoms with Crippen LogP contribution in [0.4, 0.5) is 0 Å². The SMILES string of the molecule is CC1=C=CCC(C)(C)/C=C\C(O)/C(C)=C\CC1. The van der Waals surface area contributed by atoms with Gasteiger partial charge in [0, 0.05) is 0 Å². The highest BCUT2D eigenvalue weighted by Crippen LogP contribution is 2.24. The molecule has 1 unspecified atom stereocenters. The third-order valence-corrected chi connectivity index (χ3v) is 3.16. The van der Waals surface area contributed by atoms with E-state index in [9.17, 15) is 5.11 Å². The van der Waals surface area contributed by atoms with E-state index in [2.05, 4.69) is 44.7 Å². The van der Waals surface area contributed by atoms with Gasteiger partial charge in [0.1, 0.15) is 0 Å². The summed E-state index contributed by atoms with van der Waals surface area (Å²) >= 11 is 0. The largest absolute Gasteiger partial charge is 0.385 e. The van der Waals surface area contributed by atoms with E-state index >= 15 is 0 Å². The van der Waals surface area contributed by atoms with Gasteiger partial charge in [-0.2, -0.15) is 0 Å². The topological polar surface area (TPSA) is 20.2 Å². The summed E-state index contributed by atoms with van der Waals surface area (Å²) in [7, 11) is 0. The molecule has 0 aromatic rings. The Labute approximate surface area is 105 Å². The second kappa shape index (κ2) is 6.05. The number of hydrogen-bond donors (Lipinski definition) is 1.